The van der Waals surface area contributed by atoms with E-state index in [1.165, 1.54) is 31.4 Å². The van der Waals surface area contributed by atoms with E-state index in [-0.39, 0.29) is 23.2 Å². The SMILES string of the molecule is C=CCOc1ccc(CCNC(=O)/C=C/c2ccc(OC)cc2OC)cc1S(N)(=O)=O. The minimum atomic E-state index is -3.96. The fourth-order valence-corrected chi connectivity index (χ4v) is 3.43. The number of primary sulfonamides is 1. The largest absolute Gasteiger partial charge is 0.497 e. The van der Waals surface area contributed by atoms with E-state index in [1.54, 1.807) is 37.5 Å². The lowest BCUT2D eigenvalue weighted by Crippen LogP contribution is -2.23. The molecule has 8 nitrogen and oxygen atoms in total. The lowest BCUT2D eigenvalue weighted by atomic mass is 10.1. The van der Waals surface area contributed by atoms with Gasteiger partial charge in [-0.1, -0.05) is 18.7 Å². The summed E-state index contributed by atoms with van der Waals surface area (Å²) in [7, 11) is -0.859. The van der Waals surface area contributed by atoms with E-state index in [2.05, 4.69) is 11.9 Å². The molecule has 2 aromatic carbocycles. The number of benzene rings is 2. The molecule has 0 aliphatic carbocycles. The normalized spacial score (nSPS) is 11.2. The molecular formula is C22H26N2O6S. The third kappa shape index (κ3) is 7.16. The molecule has 2 aromatic rings. The van der Waals surface area contributed by atoms with Crippen LogP contribution in [-0.2, 0) is 21.2 Å². The van der Waals surface area contributed by atoms with Gasteiger partial charge in [0.15, 0.2) is 0 Å². The predicted octanol–water partition coefficient (Wildman–Crippen LogP) is 2.29. The van der Waals surface area contributed by atoms with Crippen LogP contribution in [-0.4, -0.2) is 41.7 Å². The molecule has 0 spiro atoms. The van der Waals surface area contributed by atoms with Gasteiger partial charge in [-0.25, -0.2) is 13.6 Å². The molecule has 1 amide bonds. The Morgan fingerprint density at radius 3 is 2.55 bits per heavy atom. The number of carbonyl (C=O) groups excluding carboxylic acids is 1. The summed E-state index contributed by atoms with van der Waals surface area (Å²) in [4.78, 5) is 12.0. The molecule has 3 N–H and O–H groups in total. The predicted molar refractivity (Wildman–Crippen MR) is 119 cm³/mol. The molecule has 0 aliphatic heterocycles. The average molecular weight is 447 g/mol. The number of sulfonamides is 1. The van der Waals surface area contributed by atoms with Crippen LogP contribution in [0.4, 0.5) is 0 Å². The molecule has 0 fully saturated rings. The molecule has 0 unspecified atom stereocenters. The van der Waals surface area contributed by atoms with E-state index in [4.69, 9.17) is 19.3 Å². The van der Waals surface area contributed by atoms with Crippen molar-refractivity contribution in [2.24, 2.45) is 5.14 Å². The summed E-state index contributed by atoms with van der Waals surface area (Å²) in [6.45, 7) is 3.99. The lowest BCUT2D eigenvalue weighted by molar-refractivity contribution is -0.116. The zero-order valence-electron chi connectivity index (χ0n) is 17.5. The van der Waals surface area contributed by atoms with Crippen LogP contribution in [0.15, 0.2) is 60.0 Å². The number of hydrogen-bond donors (Lipinski definition) is 2. The van der Waals surface area contributed by atoms with Crippen molar-refractivity contribution in [3.8, 4) is 17.2 Å². The number of methoxy groups -OCH3 is 2. The summed E-state index contributed by atoms with van der Waals surface area (Å²) >= 11 is 0. The van der Waals surface area contributed by atoms with E-state index < -0.39 is 10.0 Å². The fourth-order valence-electron chi connectivity index (χ4n) is 2.71. The highest BCUT2D eigenvalue weighted by Crippen LogP contribution is 2.26. The van der Waals surface area contributed by atoms with Crippen molar-refractivity contribution >= 4 is 22.0 Å². The van der Waals surface area contributed by atoms with Crippen LogP contribution in [0.5, 0.6) is 17.2 Å². The van der Waals surface area contributed by atoms with Crippen molar-refractivity contribution in [3.05, 3.63) is 66.3 Å². The second-order valence-electron chi connectivity index (χ2n) is 6.41. The van der Waals surface area contributed by atoms with Gasteiger partial charge < -0.3 is 19.5 Å². The van der Waals surface area contributed by atoms with E-state index >= 15 is 0 Å². The minimum absolute atomic E-state index is 0.107. The maximum absolute atomic E-state index is 12.1. The van der Waals surface area contributed by atoms with Gasteiger partial charge in [-0.3, -0.25) is 4.79 Å². The fraction of sp³-hybridized carbons (Fsp3) is 0.227. The topological polar surface area (TPSA) is 117 Å². The van der Waals surface area contributed by atoms with Gasteiger partial charge in [-0.05, 0) is 42.3 Å². The Bertz CT molecular complexity index is 1060. The average Bonchev–Trinajstić information content (AvgIpc) is 2.75. The van der Waals surface area contributed by atoms with Gasteiger partial charge in [0, 0.05) is 24.3 Å². The zero-order valence-corrected chi connectivity index (χ0v) is 18.3. The van der Waals surface area contributed by atoms with Crippen LogP contribution in [0.3, 0.4) is 0 Å². The molecule has 0 bridgehead atoms. The Morgan fingerprint density at radius 2 is 1.90 bits per heavy atom. The third-order valence-corrected chi connectivity index (χ3v) is 5.17. The quantitative estimate of drug-likeness (QED) is 0.404. The van der Waals surface area contributed by atoms with Gasteiger partial charge >= 0.3 is 0 Å². The number of nitrogens with one attached hydrogen (secondary N) is 1. The summed E-state index contributed by atoms with van der Waals surface area (Å²) in [5.74, 6) is 1.10. The zero-order chi connectivity index (χ0) is 22.9. The Morgan fingerprint density at radius 1 is 1.13 bits per heavy atom. The number of hydrogen-bond acceptors (Lipinski definition) is 6. The summed E-state index contributed by atoms with van der Waals surface area (Å²) in [6, 6.07) is 9.98. The van der Waals surface area contributed by atoms with Gasteiger partial charge in [-0.2, -0.15) is 0 Å². The van der Waals surface area contributed by atoms with E-state index in [9.17, 15) is 13.2 Å². The number of nitrogens with two attached hydrogens (primary N) is 1. The number of amides is 1. The maximum atomic E-state index is 12.1. The van der Waals surface area contributed by atoms with Gasteiger partial charge in [0.2, 0.25) is 15.9 Å². The first kappa shape index (κ1) is 24.0. The van der Waals surface area contributed by atoms with Crippen LogP contribution in [0, 0.1) is 0 Å². The minimum Gasteiger partial charge on any atom is -0.497 e. The Hall–Kier alpha value is -3.30. The number of carbonyl (C=O) groups is 1. The van der Waals surface area contributed by atoms with Crippen LogP contribution < -0.4 is 24.7 Å². The lowest BCUT2D eigenvalue weighted by Gasteiger charge is -2.11. The first-order chi connectivity index (χ1) is 14.8. The van der Waals surface area contributed by atoms with Gasteiger partial charge in [0.05, 0.1) is 14.2 Å². The number of rotatable bonds is 11. The molecule has 0 radical (unpaired) electrons. The monoisotopic (exact) mass is 446 g/mol. The van der Waals surface area contributed by atoms with Crippen molar-refractivity contribution in [1.82, 2.24) is 5.32 Å². The van der Waals surface area contributed by atoms with Crippen molar-refractivity contribution in [2.75, 3.05) is 27.4 Å². The molecule has 2 rings (SSSR count). The molecule has 0 atom stereocenters. The Balaban J connectivity index is 1.99. The van der Waals surface area contributed by atoms with E-state index in [1.807, 2.05) is 0 Å². The summed E-state index contributed by atoms with van der Waals surface area (Å²) in [6.07, 6.45) is 4.95. The standard InChI is InChI=1S/C22H26N2O6S/c1-4-13-30-19-9-5-16(14-21(19)31(23,26)27)11-12-24-22(25)10-7-17-6-8-18(28-2)15-20(17)29-3/h4-10,14-15H,1,11-13H2,2-3H3,(H,24,25)(H2,23,26,27)/b10-7+. The highest BCUT2D eigenvalue weighted by molar-refractivity contribution is 7.89. The highest BCUT2D eigenvalue weighted by Gasteiger charge is 2.16. The molecule has 31 heavy (non-hydrogen) atoms. The smallest absolute Gasteiger partial charge is 0.244 e. The molecule has 0 aliphatic rings. The van der Waals surface area contributed by atoms with Crippen LogP contribution in [0.2, 0.25) is 0 Å². The Kier molecular flexibility index (Phi) is 8.65. The summed E-state index contributed by atoms with van der Waals surface area (Å²) in [5.41, 5.74) is 1.42. The first-order valence-corrected chi connectivity index (χ1v) is 10.9. The van der Waals surface area contributed by atoms with E-state index in [0.29, 0.717) is 30.0 Å². The summed E-state index contributed by atoms with van der Waals surface area (Å²) in [5, 5.41) is 8.03. The molecular weight excluding hydrogens is 420 g/mol. The van der Waals surface area contributed by atoms with E-state index in [0.717, 1.165) is 5.56 Å². The first-order valence-electron chi connectivity index (χ1n) is 9.36. The second-order valence-corrected chi connectivity index (χ2v) is 7.94. The van der Waals surface area contributed by atoms with Gasteiger partial charge in [-0.15, -0.1) is 0 Å². The van der Waals surface area contributed by atoms with Crippen molar-refractivity contribution in [3.63, 3.8) is 0 Å². The number of ether oxygens (including phenoxy) is 3. The molecule has 0 saturated carbocycles. The van der Waals surface area contributed by atoms with Crippen LogP contribution in [0.1, 0.15) is 11.1 Å². The van der Waals surface area contributed by atoms with Crippen LogP contribution >= 0.6 is 0 Å². The maximum Gasteiger partial charge on any atom is 0.244 e. The summed E-state index contributed by atoms with van der Waals surface area (Å²) < 4.78 is 39.5. The van der Waals surface area contributed by atoms with Gasteiger partial charge in [0.25, 0.3) is 0 Å². The Labute approximate surface area is 182 Å². The second kappa shape index (κ2) is 11.2. The molecule has 166 valence electrons. The molecule has 0 aromatic heterocycles. The van der Waals surface area contributed by atoms with Gasteiger partial charge in [0.1, 0.15) is 28.8 Å². The van der Waals surface area contributed by atoms with Crippen LogP contribution in [0.25, 0.3) is 6.08 Å². The molecule has 0 heterocycles. The highest BCUT2D eigenvalue weighted by atomic mass is 32.2. The van der Waals surface area contributed by atoms with Crippen molar-refractivity contribution in [2.45, 2.75) is 11.3 Å². The van der Waals surface area contributed by atoms with Crippen molar-refractivity contribution < 1.29 is 27.4 Å². The van der Waals surface area contributed by atoms with Crippen molar-refractivity contribution in [1.29, 1.82) is 0 Å². The molecule has 9 heteroatoms. The third-order valence-electron chi connectivity index (χ3n) is 4.24. The molecule has 0 saturated heterocycles.